The molecule has 0 saturated carbocycles. The molecule has 0 fully saturated rings. The number of hydrogen-bond acceptors (Lipinski definition) is 4. The van der Waals surface area contributed by atoms with E-state index in [1.165, 1.54) is 45.3 Å². The maximum atomic E-state index is 11.9. The highest BCUT2D eigenvalue weighted by molar-refractivity contribution is 7.89. The molecule has 116 valence electrons. The molecule has 0 aliphatic carbocycles. The molecule has 0 aliphatic heterocycles. The van der Waals surface area contributed by atoms with E-state index in [1.54, 1.807) is 0 Å². The standard InChI is InChI=1S/C13H19N3O4S/c1-10(17)14-8-9-15-13(18)11-4-6-12(7-5-11)21(19,20)16(2)3/h4-7H,8-9H2,1-3H3,(H,14,17)(H,15,18). The summed E-state index contributed by atoms with van der Waals surface area (Å²) in [7, 11) is -0.611. The quantitative estimate of drug-likeness (QED) is 0.711. The van der Waals surface area contributed by atoms with Gasteiger partial charge in [0.2, 0.25) is 15.9 Å². The minimum atomic E-state index is -3.50. The summed E-state index contributed by atoms with van der Waals surface area (Å²) in [6.07, 6.45) is 0. The van der Waals surface area contributed by atoms with Crippen LogP contribution in [0.25, 0.3) is 0 Å². The SMILES string of the molecule is CC(=O)NCCNC(=O)c1ccc(S(=O)(=O)N(C)C)cc1. The Hall–Kier alpha value is -1.93. The summed E-state index contributed by atoms with van der Waals surface area (Å²) in [5, 5.41) is 5.18. The van der Waals surface area contributed by atoms with Gasteiger partial charge in [0.1, 0.15) is 0 Å². The third-order valence-corrected chi connectivity index (χ3v) is 4.51. The third-order valence-electron chi connectivity index (χ3n) is 2.68. The molecule has 0 saturated heterocycles. The van der Waals surface area contributed by atoms with Gasteiger partial charge in [-0.05, 0) is 24.3 Å². The zero-order chi connectivity index (χ0) is 16.0. The highest BCUT2D eigenvalue weighted by Gasteiger charge is 2.17. The van der Waals surface area contributed by atoms with Gasteiger partial charge in [-0.15, -0.1) is 0 Å². The van der Waals surface area contributed by atoms with Crippen LogP contribution in [0.1, 0.15) is 17.3 Å². The molecular formula is C13H19N3O4S. The van der Waals surface area contributed by atoms with Gasteiger partial charge in [-0.2, -0.15) is 0 Å². The number of carbonyl (C=O) groups excluding carboxylic acids is 2. The summed E-state index contributed by atoms with van der Waals surface area (Å²) in [5.41, 5.74) is 0.357. The summed E-state index contributed by atoms with van der Waals surface area (Å²) in [4.78, 5) is 22.6. The molecule has 1 aromatic rings. The van der Waals surface area contributed by atoms with Crippen LogP contribution in [-0.2, 0) is 14.8 Å². The number of carbonyl (C=O) groups is 2. The summed E-state index contributed by atoms with van der Waals surface area (Å²) in [5.74, 6) is -0.489. The number of sulfonamides is 1. The lowest BCUT2D eigenvalue weighted by Crippen LogP contribution is -2.33. The van der Waals surface area contributed by atoms with E-state index in [-0.39, 0.29) is 16.7 Å². The Morgan fingerprint density at radius 3 is 2.05 bits per heavy atom. The summed E-state index contributed by atoms with van der Waals surface area (Å²) >= 11 is 0. The molecule has 0 heterocycles. The van der Waals surface area contributed by atoms with Crippen LogP contribution in [0.4, 0.5) is 0 Å². The molecule has 0 spiro atoms. The Morgan fingerprint density at radius 2 is 1.57 bits per heavy atom. The average molecular weight is 313 g/mol. The van der Waals surface area contributed by atoms with Crippen molar-refractivity contribution in [1.29, 1.82) is 0 Å². The number of rotatable bonds is 6. The zero-order valence-corrected chi connectivity index (χ0v) is 13.0. The van der Waals surface area contributed by atoms with Crippen molar-refractivity contribution in [2.24, 2.45) is 0 Å². The van der Waals surface area contributed by atoms with Crippen molar-refractivity contribution >= 4 is 21.8 Å². The normalized spacial score (nSPS) is 11.2. The fourth-order valence-corrected chi connectivity index (χ4v) is 2.41. The second kappa shape index (κ2) is 7.19. The molecule has 21 heavy (non-hydrogen) atoms. The van der Waals surface area contributed by atoms with Crippen molar-refractivity contribution in [2.45, 2.75) is 11.8 Å². The Morgan fingerprint density at radius 1 is 1.05 bits per heavy atom. The van der Waals surface area contributed by atoms with Crippen LogP contribution in [0, 0.1) is 0 Å². The minimum Gasteiger partial charge on any atom is -0.355 e. The van der Waals surface area contributed by atoms with Crippen LogP contribution < -0.4 is 10.6 Å². The maximum Gasteiger partial charge on any atom is 0.251 e. The van der Waals surface area contributed by atoms with E-state index in [1.807, 2.05) is 0 Å². The Labute approximate surface area is 124 Å². The predicted octanol–water partition coefficient (Wildman–Crippen LogP) is -0.197. The van der Waals surface area contributed by atoms with E-state index < -0.39 is 10.0 Å². The van der Waals surface area contributed by atoms with Crippen LogP contribution in [0.2, 0.25) is 0 Å². The van der Waals surface area contributed by atoms with Gasteiger partial charge in [0.15, 0.2) is 0 Å². The van der Waals surface area contributed by atoms with Crippen LogP contribution >= 0.6 is 0 Å². The van der Waals surface area contributed by atoms with E-state index in [9.17, 15) is 18.0 Å². The predicted molar refractivity (Wildman–Crippen MR) is 78.3 cm³/mol. The Balaban J connectivity index is 2.66. The van der Waals surface area contributed by atoms with E-state index in [2.05, 4.69) is 10.6 Å². The van der Waals surface area contributed by atoms with Crippen LogP contribution in [0.5, 0.6) is 0 Å². The molecule has 2 amide bonds. The Kier molecular flexibility index (Phi) is 5.86. The van der Waals surface area contributed by atoms with Gasteiger partial charge in [-0.25, -0.2) is 12.7 Å². The lowest BCUT2D eigenvalue weighted by atomic mass is 10.2. The van der Waals surface area contributed by atoms with E-state index in [0.29, 0.717) is 18.7 Å². The van der Waals surface area contributed by atoms with Gasteiger partial charge < -0.3 is 10.6 Å². The number of benzene rings is 1. The van der Waals surface area contributed by atoms with Crippen molar-refractivity contribution in [3.63, 3.8) is 0 Å². The molecular weight excluding hydrogens is 294 g/mol. The molecule has 0 radical (unpaired) electrons. The summed E-state index contributed by atoms with van der Waals surface area (Å²) in [6.45, 7) is 2.04. The van der Waals surface area contributed by atoms with Crippen molar-refractivity contribution < 1.29 is 18.0 Å². The van der Waals surface area contributed by atoms with Crippen molar-refractivity contribution in [3.05, 3.63) is 29.8 Å². The highest BCUT2D eigenvalue weighted by atomic mass is 32.2. The number of hydrogen-bond donors (Lipinski definition) is 2. The van der Waals surface area contributed by atoms with Crippen LogP contribution in [0.3, 0.4) is 0 Å². The molecule has 2 N–H and O–H groups in total. The molecule has 0 aliphatic rings. The van der Waals surface area contributed by atoms with Crippen LogP contribution in [-0.4, -0.2) is 51.7 Å². The first kappa shape index (κ1) is 17.1. The summed E-state index contributed by atoms with van der Waals surface area (Å²) in [6, 6.07) is 5.67. The number of nitrogens with zero attached hydrogens (tertiary/aromatic N) is 1. The fraction of sp³-hybridized carbons (Fsp3) is 0.385. The first-order chi connectivity index (χ1) is 9.75. The van der Waals surface area contributed by atoms with Crippen LogP contribution in [0.15, 0.2) is 29.2 Å². The molecule has 0 unspecified atom stereocenters. The molecule has 1 aromatic carbocycles. The first-order valence-electron chi connectivity index (χ1n) is 6.30. The number of nitrogens with one attached hydrogen (secondary N) is 2. The zero-order valence-electron chi connectivity index (χ0n) is 12.2. The molecule has 7 nitrogen and oxygen atoms in total. The Bertz CT molecular complexity index is 609. The molecule has 1 rings (SSSR count). The monoisotopic (exact) mass is 313 g/mol. The second-order valence-corrected chi connectivity index (χ2v) is 6.70. The average Bonchev–Trinajstić information content (AvgIpc) is 2.43. The fourth-order valence-electron chi connectivity index (χ4n) is 1.51. The second-order valence-electron chi connectivity index (χ2n) is 4.55. The van der Waals surface area contributed by atoms with Gasteiger partial charge in [-0.3, -0.25) is 9.59 Å². The lowest BCUT2D eigenvalue weighted by Gasteiger charge is -2.11. The highest BCUT2D eigenvalue weighted by Crippen LogP contribution is 2.13. The molecule has 0 aromatic heterocycles. The minimum absolute atomic E-state index is 0.127. The lowest BCUT2D eigenvalue weighted by molar-refractivity contribution is -0.118. The van der Waals surface area contributed by atoms with Gasteiger partial charge in [-0.1, -0.05) is 0 Å². The molecule has 0 bridgehead atoms. The van der Waals surface area contributed by atoms with Crippen molar-refractivity contribution in [1.82, 2.24) is 14.9 Å². The van der Waals surface area contributed by atoms with Gasteiger partial charge in [0.25, 0.3) is 5.91 Å². The molecule has 8 heteroatoms. The van der Waals surface area contributed by atoms with E-state index in [0.717, 1.165) is 4.31 Å². The van der Waals surface area contributed by atoms with E-state index >= 15 is 0 Å². The smallest absolute Gasteiger partial charge is 0.251 e. The maximum absolute atomic E-state index is 11.9. The largest absolute Gasteiger partial charge is 0.355 e. The third kappa shape index (κ3) is 4.83. The van der Waals surface area contributed by atoms with Gasteiger partial charge in [0.05, 0.1) is 4.90 Å². The number of amides is 2. The van der Waals surface area contributed by atoms with Crippen molar-refractivity contribution in [3.8, 4) is 0 Å². The summed E-state index contributed by atoms with van der Waals surface area (Å²) < 4.78 is 24.9. The van der Waals surface area contributed by atoms with E-state index in [4.69, 9.17) is 0 Å². The van der Waals surface area contributed by atoms with Gasteiger partial charge >= 0.3 is 0 Å². The van der Waals surface area contributed by atoms with Crippen molar-refractivity contribution in [2.75, 3.05) is 27.2 Å². The first-order valence-corrected chi connectivity index (χ1v) is 7.74. The topological polar surface area (TPSA) is 95.6 Å². The molecule has 0 atom stereocenters. The van der Waals surface area contributed by atoms with Gasteiger partial charge in [0, 0.05) is 39.7 Å².